The molecule has 1 aliphatic heterocycles. The van der Waals surface area contributed by atoms with Gasteiger partial charge in [0, 0.05) is 26.6 Å². The minimum atomic E-state index is -4.11. The van der Waals surface area contributed by atoms with Crippen LogP contribution in [-0.2, 0) is 19.6 Å². The second-order valence-electron chi connectivity index (χ2n) is 5.83. The van der Waals surface area contributed by atoms with Crippen molar-refractivity contribution in [3.63, 3.8) is 0 Å². The van der Waals surface area contributed by atoms with Gasteiger partial charge in [-0.2, -0.15) is 4.31 Å². The molecule has 0 spiro atoms. The van der Waals surface area contributed by atoms with Crippen molar-refractivity contribution in [2.45, 2.75) is 37.3 Å². The van der Waals surface area contributed by atoms with Crippen molar-refractivity contribution < 1.29 is 32.3 Å². The highest BCUT2D eigenvalue weighted by atomic mass is 32.2. The molecule has 1 unspecified atom stereocenters. The van der Waals surface area contributed by atoms with Crippen molar-refractivity contribution in [3.8, 4) is 0 Å². The van der Waals surface area contributed by atoms with Gasteiger partial charge in [-0.05, 0) is 31.4 Å². The van der Waals surface area contributed by atoms with Crippen LogP contribution in [0.15, 0.2) is 21.6 Å². The van der Waals surface area contributed by atoms with Crippen LogP contribution in [0.25, 0.3) is 0 Å². The standard InChI is InChI=1S/C15H21N3O7S/c1-10(19)16-7-3-8-17-14(20)11-4-2-9-18(11)26(23,24)13-6-5-12(25-13)15(21)22/h5-6,11H,2-4,7-9H2,1H3,(H,16,19)(H,17,20)(H,21,22). The van der Waals surface area contributed by atoms with Crippen LogP contribution >= 0.6 is 0 Å². The Labute approximate surface area is 150 Å². The molecule has 0 saturated carbocycles. The van der Waals surface area contributed by atoms with Gasteiger partial charge in [0.15, 0.2) is 0 Å². The molecule has 2 amide bonds. The molecule has 0 radical (unpaired) electrons. The SMILES string of the molecule is CC(=O)NCCCNC(=O)C1CCCN1S(=O)(=O)c1ccc(C(=O)O)o1. The number of nitrogens with zero attached hydrogens (tertiary/aromatic N) is 1. The zero-order valence-corrected chi connectivity index (χ0v) is 15.0. The zero-order valence-electron chi connectivity index (χ0n) is 14.2. The second kappa shape index (κ2) is 8.32. The van der Waals surface area contributed by atoms with Gasteiger partial charge in [-0.25, -0.2) is 13.2 Å². The van der Waals surface area contributed by atoms with Crippen LogP contribution in [0.5, 0.6) is 0 Å². The molecule has 1 aliphatic rings. The van der Waals surface area contributed by atoms with E-state index in [1.165, 1.54) is 6.92 Å². The molecule has 0 aliphatic carbocycles. The molecule has 10 nitrogen and oxygen atoms in total. The number of hydrogen-bond donors (Lipinski definition) is 3. The quantitative estimate of drug-likeness (QED) is 0.522. The van der Waals surface area contributed by atoms with E-state index < -0.39 is 38.8 Å². The molecule has 2 heterocycles. The Hall–Kier alpha value is -2.40. The van der Waals surface area contributed by atoms with E-state index in [-0.39, 0.29) is 12.5 Å². The number of rotatable bonds is 8. The Kier molecular flexibility index (Phi) is 6.37. The number of aromatic carboxylic acids is 1. The van der Waals surface area contributed by atoms with Crippen molar-refractivity contribution in [1.82, 2.24) is 14.9 Å². The van der Waals surface area contributed by atoms with Gasteiger partial charge in [0.1, 0.15) is 6.04 Å². The fraction of sp³-hybridized carbons (Fsp3) is 0.533. The summed E-state index contributed by atoms with van der Waals surface area (Å²) in [5.74, 6) is -2.45. The van der Waals surface area contributed by atoms with E-state index in [4.69, 9.17) is 9.52 Å². The average molecular weight is 387 g/mol. The summed E-state index contributed by atoms with van der Waals surface area (Å²) in [7, 11) is -4.11. The largest absolute Gasteiger partial charge is 0.475 e. The summed E-state index contributed by atoms with van der Waals surface area (Å²) >= 11 is 0. The summed E-state index contributed by atoms with van der Waals surface area (Å²) in [4.78, 5) is 33.9. The van der Waals surface area contributed by atoms with E-state index in [0.29, 0.717) is 32.4 Å². The summed E-state index contributed by atoms with van der Waals surface area (Å²) in [5, 5.41) is 13.6. The zero-order chi connectivity index (χ0) is 19.3. The van der Waals surface area contributed by atoms with E-state index >= 15 is 0 Å². The third kappa shape index (κ3) is 4.61. The third-order valence-electron chi connectivity index (χ3n) is 3.89. The summed E-state index contributed by atoms with van der Waals surface area (Å²) in [6.07, 6.45) is 1.39. The van der Waals surface area contributed by atoms with Gasteiger partial charge in [0.2, 0.25) is 22.7 Å². The lowest BCUT2D eigenvalue weighted by Crippen LogP contribution is -2.46. The van der Waals surface area contributed by atoms with Gasteiger partial charge in [-0.3, -0.25) is 9.59 Å². The number of carbonyl (C=O) groups excluding carboxylic acids is 2. The Bertz CT molecular complexity index is 787. The van der Waals surface area contributed by atoms with E-state index in [0.717, 1.165) is 16.4 Å². The van der Waals surface area contributed by atoms with Gasteiger partial charge in [-0.1, -0.05) is 0 Å². The number of carboxylic acids is 1. The van der Waals surface area contributed by atoms with Gasteiger partial charge in [-0.15, -0.1) is 0 Å². The van der Waals surface area contributed by atoms with Gasteiger partial charge >= 0.3 is 5.97 Å². The lowest BCUT2D eigenvalue weighted by Gasteiger charge is -2.22. The van der Waals surface area contributed by atoms with Crippen molar-refractivity contribution in [2.24, 2.45) is 0 Å². The minimum absolute atomic E-state index is 0.148. The lowest BCUT2D eigenvalue weighted by atomic mass is 10.2. The summed E-state index contributed by atoms with van der Waals surface area (Å²) in [6, 6.07) is 1.25. The van der Waals surface area contributed by atoms with Crippen molar-refractivity contribution >= 4 is 27.8 Å². The van der Waals surface area contributed by atoms with E-state index in [1.807, 2.05) is 0 Å². The minimum Gasteiger partial charge on any atom is -0.475 e. The highest BCUT2D eigenvalue weighted by Crippen LogP contribution is 2.27. The van der Waals surface area contributed by atoms with Crippen LogP contribution in [0.1, 0.15) is 36.7 Å². The molecular weight excluding hydrogens is 366 g/mol. The van der Waals surface area contributed by atoms with Crippen molar-refractivity contribution in [2.75, 3.05) is 19.6 Å². The maximum atomic E-state index is 12.6. The summed E-state index contributed by atoms with van der Waals surface area (Å²) < 4.78 is 31.2. The van der Waals surface area contributed by atoms with E-state index in [9.17, 15) is 22.8 Å². The first-order valence-electron chi connectivity index (χ1n) is 8.10. The molecular formula is C15H21N3O7S. The predicted molar refractivity (Wildman–Crippen MR) is 88.9 cm³/mol. The normalized spacial score (nSPS) is 17.8. The molecule has 11 heteroatoms. The number of carbonyl (C=O) groups is 3. The van der Waals surface area contributed by atoms with Gasteiger partial charge in [0.05, 0.1) is 0 Å². The monoisotopic (exact) mass is 387 g/mol. The predicted octanol–water partition coefficient (Wildman–Crippen LogP) is -0.227. The van der Waals surface area contributed by atoms with Crippen LogP contribution < -0.4 is 10.6 Å². The van der Waals surface area contributed by atoms with Crippen LogP contribution in [0.3, 0.4) is 0 Å². The molecule has 0 aromatic carbocycles. The molecule has 1 fully saturated rings. The lowest BCUT2D eigenvalue weighted by molar-refractivity contribution is -0.124. The molecule has 1 aromatic heterocycles. The summed E-state index contributed by atoms with van der Waals surface area (Å²) in [5.41, 5.74) is 0. The van der Waals surface area contributed by atoms with Crippen molar-refractivity contribution in [3.05, 3.63) is 17.9 Å². The first-order chi connectivity index (χ1) is 12.2. The maximum absolute atomic E-state index is 12.6. The molecule has 1 aromatic rings. The van der Waals surface area contributed by atoms with Crippen LogP contribution in [0.2, 0.25) is 0 Å². The number of nitrogens with one attached hydrogen (secondary N) is 2. The van der Waals surface area contributed by atoms with Crippen molar-refractivity contribution in [1.29, 1.82) is 0 Å². The Morgan fingerprint density at radius 3 is 2.58 bits per heavy atom. The van der Waals surface area contributed by atoms with Crippen LogP contribution in [0.4, 0.5) is 0 Å². The molecule has 2 rings (SSSR count). The molecule has 3 N–H and O–H groups in total. The first-order valence-corrected chi connectivity index (χ1v) is 9.54. The summed E-state index contributed by atoms with van der Waals surface area (Å²) in [6.45, 7) is 2.25. The van der Waals surface area contributed by atoms with Crippen LogP contribution in [0, 0.1) is 0 Å². The molecule has 0 bridgehead atoms. The fourth-order valence-electron chi connectivity index (χ4n) is 2.66. The van der Waals surface area contributed by atoms with E-state index in [1.54, 1.807) is 0 Å². The van der Waals surface area contributed by atoms with E-state index in [2.05, 4.69) is 10.6 Å². The van der Waals surface area contributed by atoms with Crippen LogP contribution in [-0.4, -0.2) is 61.3 Å². The Morgan fingerprint density at radius 2 is 1.96 bits per heavy atom. The maximum Gasteiger partial charge on any atom is 0.371 e. The Balaban J connectivity index is 2.00. The number of furan rings is 1. The number of amides is 2. The average Bonchev–Trinajstić information content (AvgIpc) is 3.23. The molecule has 144 valence electrons. The highest BCUT2D eigenvalue weighted by Gasteiger charge is 2.41. The number of sulfonamides is 1. The number of hydrogen-bond acceptors (Lipinski definition) is 6. The smallest absolute Gasteiger partial charge is 0.371 e. The molecule has 26 heavy (non-hydrogen) atoms. The van der Waals surface area contributed by atoms with Gasteiger partial charge in [0.25, 0.3) is 10.0 Å². The topological polar surface area (TPSA) is 146 Å². The highest BCUT2D eigenvalue weighted by molar-refractivity contribution is 7.89. The van der Waals surface area contributed by atoms with Gasteiger partial charge < -0.3 is 20.2 Å². The molecule has 1 saturated heterocycles. The first kappa shape index (κ1) is 19.9. The number of carboxylic acid groups (broad SMARTS) is 1. The fourth-order valence-corrected chi connectivity index (χ4v) is 4.23. The molecule has 1 atom stereocenters. The third-order valence-corrected chi connectivity index (χ3v) is 5.67. The second-order valence-corrected chi connectivity index (χ2v) is 7.65. The Morgan fingerprint density at radius 1 is 1.27 bits per heavy atom.